The molecule has 2 aromatic carbocycles. The summed E-state index contributed by atoms with van der Waals surface area (Å²) in [6.07, 6.45) is -2.82. The number of alkyl halides is 5. The van der Waals surface area contributed by atoms with E-state index in [2.05, 4.69) is 27.7 Å². The highest BCUT2D eigenvalue weighted by atomic mass is 32.2. The third-order valence-electron chi connectivity index (χ3n) is 11.8. The Bertz CT molecular complexity index is 2700. The van der Waals surface area contributed by atoms with Gasteiger partial charge in [0, 0.05) is 86.3 Å². The second-order valence-corrected chi connectivity index (χ2v) is 19.4. The SMILES string of the molecule is C=S(C)(=O)Cc1nn(C)c2c(-c3ccc(C#CC4(O)CCN(C)CC4)nc3[C@@H](CC(=O)Cn3cc(C(F)(F)F)c4c3C(F)(F)[C@@H]3C[C@H]43)Cc3cc(F)cc(F)c3)cccc12. The predicted molar refractivity (Wildman–Crippen MR) is 214 cm³/mol. The molecule has 4 heterocycles. The van der Waals surface area contributed by atoms with Crippen LogP contribution >= 0.6 is 0 Å². The average Bonchev–Trinajstić information content (AvgIpc) is 3.70. The lowest BCUT2D eigenvalue weighted by atomic mass is 9.86. The molecule has 60 heavy (non-hydrogen) atoms. The molecule has 0 spiro atoms. The van der Waals surface area contributed by atoms with Crippen molar-refractivity contribution in [3.63, 3.8) is 0 Å². The molecule has 0 radical (unpaired) electrons. The largest absolute Gasteiger partial charge is 0.418 e. The summed E-state index contributed by atoms with van der Waals surface area (Å²) in [5.74, 6) is 0.471. The van der Waals surface area contributed by atoms with Crippen molar-refractivity contribution < 1.29 is 44.8 Å². The number of likely N-dealkylation sites (tertiary alicyclic amines) is 1. The van der Waals surface area contributed by atoms with Gasteiger partial charge in [0.1, 0.15) is 22.9 Å². The third-order valence-corrected chi connectivity index (χ3v) is 12.7. The zero-order valence-electron chi connectivity index (χ0n) is 33.1. The third kappa shape index (κ3) is 8.11. The van der Waals surface area contributed by atoms with Crippen molar-refractivity contribution in [3.05, 3.63) is 106 Å². The monoisotopic (exact) mass is 853 g/mol. The first-order valence-electron chi connectivity index (χ1n) is 19.5. The number of benzene rings is 2. The van der Waals surface area contributed by atoms with Gasteiger partial charge < -0.3 is 14.6 Å². The first-order chi connectivity index (χ1) is 28.1. The van der Waals surface area contributed by atoms with Crippen LogP contribution in [0.3, 0.4) is 0 Å². The van der Waals surface area contributed by atoms with Crippen LogP contribution in [0.5, 0.6) is 0 Å². The molecule has 8 nitrogen and oxygen atoms in total. The van der Waals surface area contributed by atoms with Gasteiger partial charge in [0.15, 0.2) is 5.78 Å². The van der Waals surface area contributed by atoms with E-state index in [9.17, 15) is 36.1 Å². The van der Waals surface area contributed by atoms with E-state index in [1.807, 2.05) is 13.1 Å². The summed E-state index contributed by atoms with van der Waals surface area (Å²) in [6, 6.07) is 11.6. The molecule has 16 heteroatoms. The smallest absolute Gasteiger partial charge is 0.377 e. The Morgan fingerprint density at radius 2 is 1.77 bits per heavy atom. The maximum atomic E-state index is 15.5. The van der Waals surface area contributed by atoms with E-state index in [0.717, 1.165) is 12.1 Å². The number of Topliss-reactive ketones (excluding diaryl/α,β-unsaturated/α-hetero) is 1. The zero-order chi connectivity index (χ0) is 43.1. The quantitative estimate of drug-likeness (QED) is 0.0886. The van der Waals surface area contributed by atoms with Crippen molar-refractivity contribution >= 4 is 32.1 Å². The van der Waals surface area contributed by atoms with E-state index in [1.54, 1.807) is 36.0 Å². The summed E-state index contributed by atoms with van der Waals surface area (Å²) >= 11 is 0. The average molecular weight is 854 g/mol. The Hall–Kier alpha value is -4.98. The number of pyridine rings is 1. The van der Waals surface area contributed by atoms with Crippen LogP contribution < -0.4 is 0 Å². The number of aromatic nitrogens is 4. The molecule has 1 unspecified atom stereocenters. The highest BCUT2D eigenvalue weighted by molar-refractivity contribution is 7.98. The fraction of sp³-hybridized carbons (Fsp3) is 0.409. The Morgan fingerprint density at radius 1 is 1.07 bits per heavy atom. The maximum Gasteiger partial charge on any atom is 0.418 e. The number of aryl methyl sites for hydroxylation is 1. The van der Waals surface area contributed by atoms with Crippen molar-refractivity contribution in [2.75, 3.05) is 26.4 Å². The minimum atomic E-state index is -4.93. The Morgan fingerprint density at radius 3 is 2.43 bits per heavy atom. The lowest BCUT2D eigenvalue weighted by Crippen LogP contribution is -2.41. The van der Waals surface area contributed by atoms with Crippen LogP contribution in [-0.2, 0) is 52.2 Å². The molecular weight excluding hydrogens is 812 g/mol. The van der Waals surface area contributed by atoms with Gasteiger partial charge in [-0.3, -0.25) is 13.7 Å². The van der Waals surface area contributed by atoms with Gasteiger partial charge >= 0.3 is 6.18 Å². The number of rotatable bonds is 10. The van der Waals surface area contributed by atoms with E-state index in [1.165, 1.54) is 6.26 Å². The molecule has 0 amide bonds. The predicted octanol–water partition coefficient (Wildman–Crippen LogP) is 7.58. The van der Waals surface area contributed by atoms with Crippen LogP contribution in [0, 0.1) is 29.4 Å². The summed E-state index contributed by atoms with van der Waals surface area (Å²) in [5, 5.41) is 16.6. The minimum Gasteiger partial charge on any atom is -0.377 e. The number of fused-ring (bicyclic) bond motifs is 4. The molecule has 1 N–H and O–H groups in total. The summed E-state index contributed by atoms with van der Waals surface area (Å²) in [7, 11) is 1.11. The number of piperidine rings is 1. The number of ketones is 1. The van der Waals surface area contributed by atoms with Gasteiger partial charge in [0.2, 0.25) is 0 Å². The molecular formula is C44H42F7N5O3S. The summed E-state index contributed by atoms with van der Waals surface area (Å²) in [6.45, 7) is 0.397. The Labute approximate surface area is 342 Å². The van der Waals surface area contributed by atoms with Crippen molar-refractivity contribution in [2.45, 2.75) is 73.9 Å². The van der Waals surface area contributed by atoms with E-state index in [-0.39, 0.29) is 35.5 Å². The molecule has 1 aliphatic heterocycles. The van der Waals surface area contributed by atoms with E-state index in [0.29, 0.717) is 70.5 Å². The first-order valence-corrected chi connectivity index (χ1v) is 21.8. The molecule has 2 aliphatic carbocycles. The van der Waals surface area contributed by atoms with Crippen LogP contribution in [0.2, 0.25) is 0 Å². The number of carbonyl (C=O) groups excluding carboxylic acids is 1. The van der Waals surface area contributed by atoms with Crippen molar-refractivity contribution in [2.24, 2.45) is 13.0 Å². The fourth-order valence-electron chi connectivity index (χ4n) is 8.97. The first kappa shape index (κ1) is 41.7. The lowest BCUT2D eigenvalue weighted by molar-refractivity contribution is -0.138. The summed E-state index contributed by atoms with van der Waals surface area (Å²) in [5.41, 5.74) is -1.08. The Balaban J connectivity index is 1.26. The molecule has 8 rings (SSSR count). The van der Waals surface area contributed by atoms with Crippen LogP contribution in [0.25, 0.3) is 22.0 Å². The van der Waals surface area contributed by atoms with E-state index < -0.39 is 92.2 Å². The molecule has 1 saturated carbocycles. The second kappa shape index (κ2) is 14.9. The molecule has 2 fully saturated rings. The molecule has 316 valence electrons. The Kier molecular flexibility index (Phi) is 10.4. The normalized spacial score (nSPS) is 20.9. The number of carbonyl (C=O) groups is 1. The fourth-order valence-corrected chi connectivity index (χ4v) is 9.76. The standard InChI is InChI=1S/C44H42F7N5O3S/c1-54-14-12-42(58,13-15-54)11-10-29-8-9-31(32-6-5-7-33-37(24-60(3,4)59)53-55(2)40(32)33)39(52-29)26(16-25-17-27(45)20-28(46)18-25)19-30(57)22-56-23-36(44(49,50)51)38-34-21-35(34)43(47,48)41(38)56/h5-9,17-18,20,23,26,34-35,58H,3,12-16,19,21-22,24H2,1-2,4H3/t26-,34+,35-,60?/m1/s1. The van der Waals surface area contributed by atoms with E-state index >= 15 is 8.78 Å². The molecule has 0 bridgehead atoms. The topological polar surface area (TPSA) is 93.2 Å². The summed E-state index contributed by atoms with van der Waals surface area (Å²) < 4.78 is 118. The van der Waals surface area contributed by atoms with Crippen molar-refractivity contribution in [3.8, 4) is 23.0 Å². The van der Waals surface area contributed by atoms with Gasteiger partial charge in [0.05, 0.1) is 40.5 Å². The van der Waals surface area contributed by atoms with Gasteiger partial charge in [-0.15, -0.1) is 0 Å². The number of hydrogen-bond acceptors (Lipinski definition) is 6. The van der Waals surface area contributed by atoms with Gasteiger partial charge in [0.25, 0.3) is 5.92 Å². The zero-order valence-corrected chi connectivity index (χ0v) is 33.9. The minimum absolute atomic E-state index is 0.0763. The highest BCUT2D eigenvalue weighted by Crippen LogP contribution is 2.69. The number of aliphatic hydroxyl groups is 1. The maximum absolute atomic E-state index is 15.5. The van der Waals surface area contributed by atoms with Crippen molar-refractivity contribution in [1.29, 1.82) is 0 Å². The van der Waals surface area contributed by atoms with Gasteiger partial charge in [-0.25, -0.2) is 13.8 Å². The number of nitrogens with zero attached hydrogens (tertiary/aromatic N) is 5. The van der Waals surface area contributed by atoms with Gasteiger partial charge in [-0.2, -0.15) is 27.1 Å². The van der Waals surface area contributed by atoms with Crippen LogP contribution in [0.15, 0.2) is 54.7 Å². The van der Waals surface area contributed by atoms with Crippen molar-refractivity contribution in [1.82, 2.24) is 24.2 Å². The second-order valence-electron chi connectivity index (χ2n) is 16.7. The number of hydrogen-bond donors (Lipinski definition) is 1. The molecule has 3 aliphatic rings. The number of halogens is 7. The van der Waals surface area contributed by atoms with Gasteiger partial charge in [-0.1, -0.05) is 24.1 Å². The lowest BCUT2D eigenvalue weighted by Gasteiger charge is -2.32. The van der Waals surface area contributed by atoms with E-state index in [4.69, 9.17) is 4.98 Å². The van der Waals surface area contributed by atoms with Crippen LogP contribution in [-0.4, -0.2) is 77.2 Å². The summed E-state index contributed by atoms with van der Waals surface area (Å²) in [4.78, 5) is 21.2. The molecule has 3 aromatic heterocycles. The number of para-hydroxylation sites is 1. The highest BCUT2D eigenvalue weighted by Gasteiger charge is 2.67. The van der Waals surface area contributed by atoms with Crippen LogP contribution in [0.4, 0.5) is 30.7 Å². The van der Waals surface area contributed by atoms with Gasteiger partial charge in [-0.05, 0) is 82.5 Å². The molecule has 1 saturated heterocycles. The van der Waals surface area contributed by atoms with Crippen LogP contribution in [0.1, 0.15) is 77.0 Å². The molecule has 4 atom stereocenters. The molecule has 5 aromatic rings.